The Morgan fingerprint density at radius 1 is 1.26 bits per heavy atom. The summed E-state index contributed by atoms with van der Waals surface area (Å²) in [7, 11) is 0. The third kappa shape index (κ3) is 3.34. The highest BCUT2D eigenvalue weighted by atomic mass is 127. The van der Waals surface area contributed by atoms with Crippen LogP contribution in [0.5, 0.6) is 0 Å². The molecule has 1 aliphatic rings. The summed E-state index contributed by atoms with van der Waals surface area (Å²) in [6, 6.07) is 8.68. The number of hydrogen-bond acceptors (Lipinski definition) is 5. The van der Waals surface area contributed by atoms with E-state index in [1.165, 1.54) is 14.8 Å². The van der Waals surface area contributed by atoms with Gasteiger partial charge in [-0.2, -0.15) is 0 Å². The molecule has 23 heavy (non-hydrogen) atoms. The molecule has 3 aromatic rings. The predicted molar refractivity (Wildman–Crippen MR) is 102 cm³/mol. The maximum atomic E-state index is 5.43. The number of morpholine rings is 1. The second-order valence-electron chi connectivity index (χ2n) is 5.53. The summed E-state index contributed by atoms with van der Waals surface area (Å²) >= 11 is 4.04. The SMILES string of the molecule is Ic1csc2cnc(Cc3cccc(N4CCOCC4)c3)nc12. The Balaban J connectivity index is 1.58. The zero-order valence-corrected chi connectivity index (χ0v) is 15.5. The smallest absolute Gasteiger partial charge is 0.133 e. The molecular weight excluding hydrogens is 421 g/mol. The van der Waals surface area contributed by atoms with E-state index in [1.54, 1.807) is 11.3 Å². The summed E-state index contributed by atoms with van der Waals surface area (Å²) in [5.74, 6) is 0.882. The first-order valence-electron chi connectivity index (χ1n) is 7.60. The van der Waals surface area contributed by atoms with E-state index in [1.807, 2.05) is 6.20 Å². The second-order valence-corrected chi connectivity index (χ2v) is 7.60. The van der Waals surface area contributed by atoms with Gasteiger partial charge in [0.2, 0.25) is 0 Å². The van der Waals surface area contributed by atoms with Crippen LogP contribution in [-0.2, 0) is 11.2 Å². The highest BCUT2D eigenvalue weighted by Gasteiger charge is 2.12. The predicted octanol–water partition coefficient (Wildman–Crippen LogP) is 3.72. The van der Waals surface area contributed by atoms with Crippen molar-refractivity contribution in [3.8, 4) is 0 Å². The number of fused-ring (bicyclic) bond motifs is 1. The van der Waals surface area contributed by atoms with Crippen LogP contribution in [0.4, 0.5) is 5.69 Å². The van der Waals surface area contributed by atoms with E-state index in [4.69, 9.17) is 9.72 Å². The molecule has 1 aromatic carbocycles. The van der Waals surface area contributed by atoms with E-state index in [9.17, 15) is 0 Å². The quantitative estimate of drug-likeness (QED) is 0.586. The van der Waals surface area contributed by atoms with Crippen molar-refractivity contribution in [3.05, 3.63) is 50.8 Å². The lowest BCUT2D eigenvalue weighted by atomic mass is 10.1. The molecule has 4 rings (SSSR count). The molecule has 3 heterocycles. The molecule has 118 valence electrons. The molecule has 2 aromatic heterocycles. The Morgan fingerprint density at radius 3 is 3.00 bits per heavy atom. The van der Waals surface area contributed by atoms with Crippen molar-refractivity contribution in [3.63, 3.8) is 0 Å². The van der Waals surface area contributed by atoms with Crippen LogP contribution in [0.2, 0.25) is 0 Å². The fourth-order valence-electron chi connectivity index (χ4n) is 2.79. The number of benzene rings is 1. The maximum Gasteiger partial charge on any atom is 0.133 e. The van der Waals surface area contributed by atoms with E-state index in [0.29, 0.717) is 0 Å². The molecule has 0 unspecified atom stereocenters. The van der Waals surface area contributed by atoms with E-state index in [-0.39, 0.29) is 0 Å². The van der Waals surface area contributed by atoms with Gasteiger partial charge in [-0.15, -0.1) is 11.3 Å². The first-order chi connectivity index (χ1) is 11.3. The van der Waals surface area contributed by atoms with Gasteiger partial charge in [-0.3, -0.25) is 0 Å². The normalized spacial score (nSPS) is 15.3. The minimum atomic E-state index is 0.764. The van der Waals surface area contributed by atoms with Crippen molar-refractivity contribution < 1.29 is 4.74 Å². The Labute approximate surface area is 152 Å². The van der Waals surface area contributed by atoms with Crippen molar-refractivity contribution in [2.24, 2.45) is 0 Å². The van der Waals surface area contributed by atoms with Gasteiger partial charge in [0.05, 0.1) is 27.0 Å². The van der Waals surface area contributed by atoms with Gasteiger partial charge >= 0.3 is 0 Å². The summed E-state index contributed by atoms with van der Waals surface area (Å²) < 4.78 is 7.79. The van der Waals surface area contributed by atoms with Gasteiger partial charge in [0.25, 0.3) is 0 Å². The molecule has 0 atom stereocenters. The summed E-state index contributed by atoms with van der Waals surface area (Å²) in [6.45, 7) is 3.53. The summed E-state index contributed by atoms with van der Waals surface area (Å²) in [4.78, 5) is 11.6. The molecule has 0 radical (unpaired) electrons. The van der Waals surface area contributed by atoms with Crippen LogP contribution in [0.1, 0.15) is 11.4 Å². The molecule has 1 aliphatic heterocycles. The summed E-state index contributed by atoms with van der Waals surface area (Å²) in [6.07, 6.45) is 2.70. The minimum absolute atomic E-state index is 0.764. The molecular formula is C17H16IN3OS. The topological polar surface area (TPSA) is 38.2 Å². The Hall–Kier alpha value is -1.25. The summed E-state index contributed by atoms with van der Waals surface area (Å²) in [5.41, 5.74) is 3.58. The zero-order chi connectivity index (χ0) is 15.6. The summed E-state index contributed by atoms with van der Waals surface area (Å²) in [5, 5.41) is 2.13. The van der Waals surface area contributed by atoms with Crippen LogP contribution >= 0.6 is 33.9 Å². The zero-order valence-electron chi connectivity index (χ0n) is 12.5. The van der Waals surface area contributed by atoms with Crippen LogP contribution < -0.4 is 4.90 Å². The van der Waals surface area contributed by atoms with Crippen LogP contribution in [-0.4, -0.2) is 36.3 Å². The molecule has 1 fully saturated rings. The molecule has 0 saturated carbocycles. The first kappa shape index (κ1) is 15.3. The Kier molecular flexibility index (Phi) is 4.46. The van der Waals surface area contributed by atoms with Crippen molar-refractivity contribution in [2.75, 3.05) is 31.2 Å². The Bertz CT molecular complexity index is 830. The molecule has 0 amide bonds. The molecule has 0 aliphatic carbocycles. The molecule has 0 spiro atoms. The van der Waals surface area contributed by atoms with E-state index in [0.717, 1.165) is 48.8 Å². The van der Waals surface area contributed by atoms with Gasteiger partial charge in [0.15, 0.2) is 0 Å². The van der Waals surface area contributed by atoms with Gasteiger partial charge in [-0.25, -0.2) is 9.97 Å². The van der Waals surface area contributed by atoms with Gasteiger partial charge in [0, 0.05) is 36.8 Å². The number of hydrogen-bond donors (Lipinski definition) is 0. The number of anilines is 1. The van der Waals surface area contributed by atoms with Crippen molar-refractivity contribution in [1.29, 1.82) is 0 Å². The molecule has 0 bridgehead atoms. The Morgan fingerprint density at radius 2 is 2.13 bits per heavy atom. The maximum absolute atomic E-state index is 5.43. The van der Waals surface area contributed by atoms with E-state index >= 15 is 0 Å². The lowest BCUT2D eigenvalue weighted by Crippen LogP contribution is -2.36. The van der Waals surface area contributed by atoms with Gasteiger partial charge in [-0.1, -0.05) is 12.1 Å². The number of ether oxygens (including phenoxy) is 1. The van der Waals surface area contributed by atoms with Gasteiger partial charge in [0.1, 0.15) is 5.82 Å². The first-order valence-corrected chi connectivity index (χ1v) is 9.56. The number of aromatic nitrogens is 2. The number of halogens is 1. The monoisotopic (exact) mass is 437 g/mol. The largest absolute Gasteiger partial charge is 0.378 e. The van der Waals surface area contributed by atoms with Crippen molar-refractivity contribution >= 4 is 49.8 Å². The molecule has 1 saturated heterocycles. The van der Waals surface area contributed by atoms with Crippen molar-refractivity contribution in [2.45, 2.75) is 6.42 Å². The third-order valence-electron chi connectivity index (χ3n) is 3.97. The fourth-order valence-corrected chi connectivity index (χ4v) is 4.49. The lowest BCUT2D eigenvalue weighted by molar-refractivity contribution is 0.122. The average molecular weight is 437 g/mol. The third-order valence-corrected chi connectivity index (χ3v) is 6.12. The second kappa shape index (κ2) is 6.70. The van der Waals surface area contributed by atoms with Crippen LogP contribution in [0.15, 0.2) is 35.8 Å². The standard InChI is InChI=1S/C17H16IN3OS/c18-14-11-23-15-10-19-16(20-17(14)15)9-12-2-1-3-13(8-12)21-4-6-22-7-5-21/h1-3,8,10-11H,4-7,9H2. The average Bonchev–Trinajstić information content (AvgIpc) is 2.97. The number of rotatable bonds is 3. The minimum Gasteiger partial charge on any atom is -0.378 e. The number of thiophene rings is 1. The van der Waals surface area contributed by atoms with Gasteiger partial charge < -0.3 is 9.64 Å². The fraction of sp³-hybridized carbons (Fsp3) is 0.294. The molecule has 0 N–H and O–H groups in total. The van der Waals surface area contributed by atoms with Crippen LogP contribution in [0.3, 0.4) is 0 Å². The van der Waals surface area contributed by atoms with Crippen LogP contribution in [0, 0.1) is 3.57 Å². The lowest BCUT2D eigenvalue weighted by Gasteiger charge is -2.29. The van der Waals surface area contributed by atoms with Gasteiger partial charge in [-0.05, 0) is 40.3 Å². The number of nitrogens with zero attached hydrogens (tertiary/aromatic N) is 3. The molecule has 4 nitrogen and oxygen atoms in total. The van der Waals surface area contributed by atoms with E-state index < -0.39 is 0 Å². The molecule has 6 heteroatoms. The highest BCUT2D eigenvalue weighted by Crippen LogP contribution is 2.25. The van der Waals surface area contributed by atoms with Crippen LogP contribution in [0.25, 0.3) is 10.2 Å². The van der Waals surface area contributed by atoms with Crippen molar-refractivity contribution in [1.82, 2.24) is 9.97 Å². The van der Waals surface area contributed by atoms with E-state index in [2.05, 4.69) is 62.1 Å². The highest BCUT2D eigenvalue weighted by molar-refractivity contribution is 14.1.